The third-order valence-corrected chi connectivity index (χ3v) is 6.19. The molecule has 0 radical (unpaired) electrons. The van der Waals surface area contributed by atoms with Crippen molar-refractivity contribution in [2.45, 2.75) is 57.3 Å². The Morgan fingerprint density at radius 2 is 2.04 bits per heavy atom. The number of piperidine rings is 1. The fourth-order valence-electron chi connectivity index (χ4n) is 4.15. The summed E-state index contributed by atoms with van der Waals surface area (Å²) in [5.41, 5.74) is 8.60. The molecule has 3 amide bonds. The Balaban J connectivity index is 1.46. The normalized spacial score (nSPS) is 24.6. The quantitative estimate of drug-likeness (QED) is 0.638. The van der Waals surface area contributed by atoms with Crippen LogP contribution < -0.4 is 16.4 Å². The molecule has 1 aliphatic carbocycles. The lowest BCUT2D eigenvalue weighted by Gasteiger charge is -2.30. The Labute approximate surface area is 158 Å². The van der Waals surface area contributed by atoms with E-state index < -0.39 is 6.04 Å². The predicted molar refractivity (Wildman–Crippen MR) is 99.5 cm³/mol. The van der Waals surface area contributed by atoms with Crippen molar-refractivity contribution in [1.82, 2.24) is 15.5 Å². The standard InChI is InChI=1S/C20H26N4O3/c1-20(11-21,14-3-4-14)22-9-12-2-5-15-13(8-12)10-24(19(15)27)16-6-7-17(25)23-18(16)26/h2,5,8,14,16,22H,3-4,6-7,9-11,21H2,1H3,(H,23,25,26). The minimum atomic E-state index is -0.570. The molecule has 7 nitrogen and oxygen atoms in total. The van der Waals surface area contributed by atoms with Crippen LogP contribution in [0.15, 0.2) is 18.2 Å². The lowest BCUT2D eigenvalue weighted by Crippen LogP contribution is -2.52. The summed E-state index contributed by atoms with van der Waals surface area (Å²) < 4.78 is 0. The summed E-state index contributed by atoms with van der Waals surface area (Å²) in [7, 11) is 0. The number of carbonyl (C=O) groups excluding carboxylic acids is 3. The number of amides is 3. The highest BCUT2D eigenvalue weighted by molar-refractivity contribution is 6.05. The van der Waals surface area contributed by atoms with Gasteiger partial charge >= 0.3 is 0 Å². The zero-order chi connectivity index (χ0) is 19.2. The van der Waals surface area contributed by atoms with E-state index in [2.05, 4.69) is 17.6 Å². The molecule has 0 aromatic heterocycles. The minimum absolute atomic E-state index is 0.0480. The largest absolute Gasteiger partial charge is 0.329 e. The van der Waals surface area contributed by atoms with Crippen molar-refractivity contribution >= 4 is 17.7 Å². The van der Waals surface area contributed by atoms with Crippen molar-refractivity contribution in [2.75, 3.05) is 6.54 Å². The second kappa shape index (κ2) is 6.73. The van der Waals surface area contributed by atoms with Crippen molar-refractivity contribution in [1.29, 1.82) is 0 Å². The molecule has 2 unspecified atom stereocenters. The molecule has 1 aromatic rings. The molecule has 2 fully saturated rings. The maximum absolute atomic E-state index is 12.7. The van der Waals surface area contributed by atoms with Gasteiger partial charge in [0.1, 0.15) is 6.04 Å². The number of benzene rings is 1. The summed E-state index contributed by atoms with van der Waals surface area (Å²) >= 11 is 0. The van der Waals surface area contributed by atoms with Gasteiger partial charge in [-0.05, 0) is 49.3 Å². The minimum Gasteiger partial charge on any atom is -0.329 e. The van der Waals surface area contributed by atoms with Crippen LogP contribution in [0.4, 0.5) is 0 Å². The first-order valence-corrected chi connectivity index (χ1v) is 9.63. The average molecular weight is 370 g/mol. The second-order valence-electron chi connectivity index (χ2n) is 8.14. The predicted octanol–water partition coefficient (Wildman–Crippen LogP) is 0.665. The number of nitrogens with one attached hydrogen (secondary N) is 2. The van der Waals surface area contributed by atoms with E-state index >= 15 is 0 Å². The SMILES string of the molecule is CC(CN)(NCc1ccc2c(c1)CN(C1CCC(=O)NC1=O)C2=O)C1CC1. The number of hydrogen-bond donors (Lipinski definition) is 3. The Morgan fingerprint density at radius 3 is 2.70 bits per heavy atom. The zero-order valence-electron chi connectivity index (χ0n) is 15.6. The van der Waals surface area contributed by atoms with E-state index in [4.69, 9.17) is 5.73 Å². The molecule has 2 aliphatic heterocycles. The molecular weight excluding hydrogens is 344 g/mol. The van der Waals surface area contributed by atoms with E-state index in [-0.39, 0.29) is 29.7 Å². The van der Waals surface area contributed by atoms with Gasteiger partial charge in [0.25, 0.3) is 5.91 Å². The first-order chi connectivity index (χ1) is 12.9. The van der Waals surface area contributed by atoms with Gasteiger partial charge in [0.2, 0.25) is 11.8 Å². The number of nitrogens with two attached hydrogens (primary N) is 1. The van der Waals surface area contributed by atoms with Crippen LogP contribution in [-0.2, 0) is 22.7 Å². The van der Waals surface area contributed by atoms with Gasteiger partial charge in [-0.15, -0.1) is 0 Å². The molecule has 1 saturated heterocycles. The summed E-state index contributed by atoms with van der Waals surface area (Å²) in [5.74, 6) is -0.143. The number of hydrogen-bond acceptors (Lipinski definition) is 5. The highest BCUT2D eigenvalue weighted by Gasteiger charge is 2.41. The molecule has 1 aromatic carbocycles. The van der Waals surface area contributed by atoms with Crippen molar-refractivity contribution < 1.29 is 14.4 Å². The fourth-order valence-corrected chi connectivity index (χ4v) is 4.15. The Hall–Kier alpha value is -2.25. The second-order valence-corrected chi connectivity index (χ2v) is 8.14. The summed E-state index contributed by atoms with van der Waals surface area (Å²) in [5, 5.41) is 5.92. The van der Waals surface area contributed by atoms with Gasteiger partial charge in [0.15, 0.2) is 0 Å². The highest BCUT2D eigenvalue weighted by Crippen LogP contribution is 2.39. The Kier molecular flexibility index (Phi) is 4.52. The first-order valence-electron chi connectivity index (χ1n) is 9.63. The van der Waals surface area contributed by atoms with Gasteiger partial charge in [-0.3, -0.25) is 19.7 Å². The molecule has 0 bridgehead atoms. The summed E-state index contributed by atoms with van der Waals surface area (Å²) in [6.45, 7) is 3.88. The maximum atomic E-state index is 12.7. The van der Waals surface area contributed by atoms with Crippen LogP contribution >= 0.6 is 0 Å². The van der Waals surface area contributed by atoms with Crippen LogP contribution in [0.1, 0.15) is 54.1 Å². The van der Waals surface area contributed by atoms with Gasteiger partial charge in [-0.25, -0.2) is 0 Å². The molecular formula is C20H26N4O3. The Bertz CT molecular complexity index is 804. The molecule has 4 N–H and O–H groups in total. The van der Waals surface area contributed by atoms with Gasteiger partial charge in [-0.2, -0.15) is 0 Å². The molecule has 2 heterocycles. The monoisotopic (exact) mass is 370 g/mol. The molecule has 27 heavy (non-hydrogen) atoms. The molecule has 0 spiro atoms. The highest BCUT2D eigenvalue weighted by atomic mass is 16.2. The van der Waals surface area contributed by atoms with Gasteiger partial charge in [-0.1, -0.05) is 12.1 Å². The van der Waals surface area contributed by atoms with E-state index in [1.807, 2.05) is 18.2 Å². The topological polar surface area (TPSA) is 105 Å². The zero-order valence-corrected chi connectivity index (χ0v) is 15.6. The van der Waals surface area contributed by atoms with Crippen molar-refractivity contribution in [3.63, 3.8) is 0 Å². The molecule has 7 heteroatoms. The van der Waals surface area contributed by atoms with E-state index in [9.17, 15) is 14.4 Å². The van der Waals surface area contributed by atoms with Gasteiger partial charge in [0, 0.05) is 37.2 Å². The number of imide groups is 1. The molecule has 144 valence electrons. The molecule has 4 rings (SSSR count). The van der Waals surface area contributed by atoms with Crippen LogP contribution in [0.2, 0.25) is 0 Å². The van der Waals surface area contributed by atoms with Crippen LogP contribution in [0.5, 0.6) is 0 Å². The lowest BCUT2D eigenvalue weighted by molar-refractivity contribution is -0.136. The van der Waals surface area contributed by atoms with Crippen LogP contribution in [0.3, 0.4) is 0 Å². The smallest absolute Gasteiger partial charge is 0.255 e. The molecule has 3 aliphatic rings. The van der Waals surface area contributed by atoms with Crippen LogP contribution in [0.25, 0.3) is 0 Å². The summed E-state index contributed by atoms with van der Waals surface area (Å²) in [4.78, 5) is 37.8. The summed E-state index contributed by atoms with van der Waals surface area (Å²) in [6, 6.07) is 5.27. The fraction of sp³-hybridized carbons (Fsp3) is 0.550. The van der Waals surface area contributed by atoms with E-state index in [0.717, 1.165) is 11.1 Å². The van der Waals surface area contributed by atoms with Crippen LogP contribution in [-0.4, -0.2) is 40.7 Å². The Morgan fingerprint density at radius 1 is 1.26 bits per heavy atom. The molecule has 1 saturated carbocycles. The average Bonchev–Trinajstić information content (AvgIpc) is 3.46. The third-order valence-electron chi connectivity index (χ3n) is 6.19. The number of nitrogens with zero attached hydrogens (tertiary/aromatic N) is 1. The first kappa shape index (κ1) is 18.1. The van der Waals surface area contributed by atoms with Crippen molar-refractivity contribution in [3.05, 3.63) is 34.9 Å². The van der Waals surface area contributed by atoms with Crippen molar-refractivity contribution in [3.8, 4) is 0 Å². The van der Waals surface area contributed by atoms with Crippen LogP contribution in [0, 0.1) is 5.92 Å². The van der Waals surface area contributed by atoms with Crippen molar-refractivity contribution in [2.24, 2.45) is 11.7 Å². The van der Waals surface area contributed by atoms with Gasteiger partial charge in [0.05, 0.1) is 0 Å². The number of rotatable bonds is 6. The summed E-state index contributed by atoms with van der Waals surface area (Å²) in [6.07, 6.45) is 3.10. The third kappa shape index (κ3) is 3.37. The maximum Gasteiger partial charge on any atom is 0.255 e. The van der Waals surface area contributed by atoms with Gasteiger partial charge < -0.3 is 16.0 Å². The molecule has 2 atom stereocenters. The number of carbonyl (C=O) groups is 3. The number of fused-ring (bicyclic) bond motifs is 1. The lowest BCUT2D eigenvalue weighted by atomic mass is 9.95. The van der Waals surface area contributed by atoms with E-state index in [1.54, 1.807) is 4.90 Å². The van der Waals surface area contributed by atoms with E-state index in [1.165, 1.54) is 12.8 Å². The van der Waals surface area contributed by atoms with E-state index in [0.29, 0.717) is 37.5 Å².